The molecule has 1 aromatic rings. The summed E-state index contributed by atoms with van der Waals surface area (Å²) in [7, 11) is 0. The van der Waals surface area contributed by atoms with Crippen molar-refractivity contribution in [2.75, 3.05) is 6.61 Å². The normalized spacial score (nSPS) is 29.2. The maximum atomic E-state index is 10.6. The third-order valence-corrected chi connectivity index (χ3v) is 5.99. The van der Waals surface area contributed by atoms with Crippen LogP contribution in [-0.4, -0.2) is 56.6 Å². The van der Waals surface area contributed by atoms with Crippen LogP contribution >= 0.6 is 0 Å². The highest BCUT2D eigenvalue weighted by Crippen LogP contribution is 2.42. The van der Waals surface area contributed by atoms with Crippen molar-refractivity contribution in [2.45, 2.75) is 43.4 Å². The molecule has 3 aliphatic rings. The number of ether oxygens (including phenoxy) is 1. The topological polar surface area (TPSA) is 110 Å². The summed E-state index contributed by atoms with van der Waals surface area (Å²) in [6, 6.07) is 19.3. The van der Waals surface area contributed by atoms with Gasteiger partial charge in [0.05, 0.1) is 6.61 Å². The zero-order valence-electron chi connectivity index (χ0n) is 16.6. The molecule has 1 fully saturated rings. The summed E-state index contributed by atoms with van der Waals surface area (Å²) in [5.74, 6) is -0.0970. The number of aliphatic hydroxyl groups excluding tert-OH is 4. The van der Waals surface area contributed by atoms with E-state index in [1.165, 1.54) is 13.0 Å². The van der Waals surface area contributed by atoms with E-state index >= 15 is 0 Å². The van der Waals surface area contributed by atoms with Crippen LogP contribution < -0.4 is 0 Å². The molecule has 6 heteroatoms. The highest BCUT2D eigenvalue weighted by atomic mass is 16.6. The van der Waals surface area contributed by atoms with Crippen LogP contribution in [0, 0.1) is 0 Å². The summed E-state index contributed by atoms with van der Waals surface area (Å²) >= 11 is 0. The Balaban J connectivity index is 1.68. The van der Waals surface area contributed by atoms with E-state index in [-0.39, 0.29) is 5.75 Å². The lowest BCUT2D eigenvalue weighted by atomic mass is 9.80. The van der Waals surface area contributed by atoms with Crippen LogP contribution in [0.4, 0.5) is 0 Å². The van der Waals surface area contributed by atoms with Crippen LogP contribution in [0.25, 0.3) is 11.1 Å². The summed E-state index contributed by atoms with van der Waals surface area (Å²) in [4.78, 5) is 0. The molecule has 5 N–H and O–H groups in total. The molecular weight excluding hydrogens is 384 g/mol. The summed E-state index contributed by atoms with van der Waals surface area (Å²) in [5.41, 5.74) is 3.05. The van der Waals surface area contributed by atoms with Crippen molar-refractivity contribution in [3.63, 3.8) is 0 Å². The van der Waals surface area contributed by atoms with Gasteiger partial charge < -0.3 is 30.3 Å². The minimum Gasteiger partial charge on any atom is -0.508 e. The second kappa shape index (κ2) is 7.98. The zero-order chi connectivity index (χ0) is 21.5. The van der Waals surface area contributed by atoms with Crippen molar-refractivity contribution in [2.24, 2.45) is 0 Å². The lowest BCUT2D eigenvalue weighted by Crippen LogP contribution is -2.62. The van der Waals surface area contributed by atoms with Crippen molar-refractivity contribution >= 4 is 0 Å². The van der Waals surface area contributed by atoms with Gasteiger partial charge in [0.25, 0.3) is 0 Å². The van der Waals surface area contributed by atoms with Crippen LogP contribution in [0.5, 0.6) is 5.75 Å². The average molecular weight is 410 g/mol. The quantitative estimate of drug-likeness (QED) is 0.449. The third kappa shape index (κ3) is 3.57. The van der Waals surface area contributed by atoms with E-state index in [2.05, 4.69) is 24.3 Å². The molecule has 5 atom stereocenters. The number of hydrogen-bond donors (Lipinski definition) is 5. The van der Waals surface area contributed by atoms with Crippen LogP contribution in [0.15, 0.2) is 60.7 Å². The van der Waals surface area contributed by atoms with E-state index in [1.54, 1.807) is 12.1 Å². The molecule has 158 valence electrons. The predicted octanol–water partition coefficient (Wildman–Crippen LogP) is 1.78. The Hall–Kier alpha value is -2.48. The molecule has 4 rings (SSSR count). The minimum atomic E-state index is -1.52. The fourth-order valence-corrected chi connectivity index (χ4v) is 4.26. The molecule has 0 amide bonds. The number of hydrogen-bond acceptors (Lipinski definition) is 6. The van der Waals surface area contributed by atoms with Gasteiger partial charge in [-0.2, -0.15) is 0 Å². The number of aromatic hydroxyl groups is 1. The van der Waals surface area contributed by atoms with Crippen molar-refractivity contribution < 1.29 is 30.3 Å². The smallest absolute Gasteiger partial charge is 0.123 e. The Morgan fingerprint density at radius 3 is 2.17 bits per heavy atom. The Morgan fingerprint density at radius 2 is 1.53 bits per heavy atom. The van der Waals surface area contributed by atoms with Gasteiger partial charge in [0.1, 0.15) is 35.8 Å². The van der Waals surface area contributed by atoms with E-state index in [9.17, 15) is 25.5 Å². The summed E-state index contributed by atoms with van der Waals surface area (Å²) in [6.45, 7) is 1.00. The number of aliphatic hydroxyl groups is 4. The van der Waals surface area contributed by atoms with Crippen molar-refractivity contribution in [3.05, 3.63) is 77.4 Å². The maximum Gasteiger partial charge on any atom is 0.123 e. The van der Waals surface area contributed by atoms with Gasteiger partial charge in [-0.3, -0.25) is 0 Å². The zero-order valence-corrected chi connectivity index (χ0v) is 16.6. The van der Waals surface area contributed by atoms with E-state index in [4.69, 9.17) is 4.74 Å². The molecule has 1 aromatic carbocycles. The van der Waals surface area contributed by atoms with E-state index in [1.807, 2.05) is 18.2 Å². The van der Waals surface area contributed by atoms with Gasteiger partial charge in [-0.15, -0.1) is 0 Å². The molecule has 1 saturated heterocycles. The SMILES string of the molecule is CC1(c2cc(Cc3cc4cccccc-4c3)ccc2O)OC(CO)C(O)C(O)C1O. The molecule has 0 saturated carbocycles. The lowest BCUT2D eigenvalue weighted by molar-refractivity contribution is -0.273. The molecule has 0 bridgehead atoms. The minimum absolute atomic E-state index is 0.0970. The van der Waals surface area contributed by atoms with Gasteiger partial charge in [-0.05, 0) is 47.7 Å². The predicted molar refractivity (Wildman–Crippen MR) is 111 cm³/mol. The second-order valence-electron chi connectivity index (χ2n) is 8.09. The molecule has 2 aliphatic carbocycles. The molecule has 1 heterocycles. The number of phenolic OH excluding ortho intramolecular Hbond substituents is 1. The van der Waals surface area contributed by atoms with Gasteiger partial charge in [0, 0.05) is 5.56 Å². The van der Waals surface area contributed by atoms with Crippen LogP contribution in [-0.2, 0) is 16.8 Å². The number of fused-ring (bicyclic) bond motifs is 1. The van der Waals surface area contributed by atoms with Gasteiger partial charge >= 0.3 is 0 Å². The fourth-order valence-electron chi connectivity index (χ4n) is 4.26. The third-order valence-electron chi connectivity index (χ3n) is 5.99. The van der Waals surface area contributed by atoms with Crippen molar-refractivity contribution in [1.82, 2.24) is 0 Å². The molecule has 5 unspecified atom stereocenters. The molecule has 30 heavy (non-hydrogen) atoms. The first-order chi connectivity index (χ1) is 14.3. The number of phenols is 1. The number of benzene rings is 1. The Labute approximate surface area is 175 Å². The van der Waals surface area contributed by atoms with Gasteiger partial charge in [0.15, 0.2) is 0 Å². The first kappa shape index (κ1) is 20.8. The Kier molecular flexibility index (Phi) is 5.53. The van der Waals surface area contributed by atoms with Gasteiger partial charge in [-0.1, -0.05) is 48.5 Å². The summed E-state index contributed by atoms with van der Waals surface area (Å²) in [5, 5.41) is 50.9. The number of rotatable bonds is 4. The molecule has 0 spiro atoms. The van der Waals surface area contributed by atoms with Crippen LogP contribution in [0.2, 0.25) is 0 Å². The lowest BCUT2D eigenvalue weighted by Gasteiger charge is -2.47. The Morgan fingerprint density at radius 1 is 0.867 bits per heavy atom. The highest BCUT2D eigenvalue weighted by molar-refractivity contribution is 5.68. The summed E-state index contributed by atoms with van der Waals surface area (Å²) < 4.78 is 5.78. The highest BCUT2D eigenvalue weighted by Gasteiger charge is 2.52. The largest absolute Gasteiger partial charge is 0.508 e. The van der Waals surface area contributed by atoms with E-state index < -0.39 is 36.6 Å². The molecule has 6 nitrogen and oxygen atoms in total. The average Bonchev–Trinajstić information content (AvgIpc) is 2.98. The maximum absolute atomic E-state index is 10.6. The van der Waals surface area contributed by atoms with Crippen LogP contribution in [0.1, 0.15) is 23.6 Å². The molecule has 0 radical (unpaired) electrons. The fraction of sp³-hybridized carbons (Fsp3) is 0.333. The Bertz CT molecular complexity index is 972. The monoisotopic (exact) mass is 410 g/mol. The second-order valence-corrected chi connectivity index (χ2v) is 8.09. The standard InChI is InChI=1S/C24H26O6/c1-24(23(29)22(28)21(27)20(13-25)30-24)18-12-14(7-8-19(18)26)9-15-10-16-5-3-2-4-6-17(16)11-15/h2-8,10-12,20-23,25-29H,9,13H2,1H3. The van der Waals surface area contributed by atoms with Gasteiger partial charge in [-0.25, -0.2) is 0 Å². The van der Waals surface area contributed by atoms with E-state index in [0.29, 0.717) is 12.0 Å². The first-order valence-corrected chi connectivity index (χ1v) is 9.96. The van der Waals surface area contributed by atoms with Gasteiger partial charge in [0.2, 0.25) is 0 Å². The molecule has 1 aliphatic heterocycles. The van der Waals surface area contributed by atoms with Crippen molar-refractivity contribution in [3.8, 4) is 16.9 Å². The first-order valence-electron chi connectivity index (χ1n) is 9.96. The summed E-state index contributed by atoms with van der Waals surface area (Å²) in [6.07, 6.45) is -4.92. The van der Waals surface area contributed by atoms with Crippen molar-refractivity contribution in [1.29, 1.82) is 0 Å². The molecular formula is C24H26O6. The van der Waals surface area contributed by atoms with Crippen LogP contribution in [0.3, 0.4) is 0 Å². The molecule has 0 aromatic heterocycles. The van der Waals surface area contributed by atoms with E-state index in [0.717, 1.165) is 22.3 Å².